The minimum atomic E-state index is 0.695. The Labute approximate surface area is 168 Å². The summed E-state index contributed by atoms with van der Waals surface area (Å²) < 4.78 is 0. The van der Waals surface area contributed by atoms with E-state index >= 15 is 0 Å². The van der Waals surface area contributed by atoms with E-state index in [4.69, 9.17) is 28.9 Å². The minimum Gasteiger partial charge on any atom is -0.398 e. The van der Waals surface area contributed by atoms with Gasteiger partial charge in [-0.25, -0.2) is 0 Å². The monoisotopic (exact) mass is 390 g/mol. The lowest BCUT2D eigenvalue weighted by Gasteiger charge is -2.15. The molecule has 4 rings (SSSR count). The van der Waals surface area contributed by atoms with Crippen LogP contribution in [0.25, 0.3) is 33.4 Å². The van der Waals surface area contributed by atoms with E-state index in [1.807, 2.05) is 60.7 Å². The SMILES string of the molecule is Nc1c(-c2ccc(Cl)cc2)cc(-c2ccncc2)cc1-c1ccc(Cl)cc1. The number of hydrogen-bond donors (Lipinski definition) is 1. The first-order chi connectivity index (χ1) is 13.1. The molecule has 0 saturated heterocycles. The summed E-state index contributed by atoms with van der Waals surface area (Å²) in [5.74, 6) is 0. The lowest BCUT2D eigenvalue weighted by Crippen LogP contribution is -1.96. The Morgan fingerprint density at radius 2 is 1.00 bits per heavy atom. The van der Waals surface area contributed by atoms with E-state index in [0.29, 0.717) is 10.0 Å². The zero-order valence-electron chi connectivity index (χ0n) is 14.4. The molecule has 0 fully saturated rings. The molecule has 4 aromatic rings. The maximum Gasteiger partial charge on any atom is 0.0473 e. The highest BCUT2D eigenvalue weighted by atomic mass is 35.5. The van der Waals surface area contributed by atoms with E-state index in [1.165, 1.54) is 0 Å². The maximum absolute atomic E-state index is 6.59. The Balaban J connectivity index is 1.96. The van der Waals surface area contributed by atoms with E-state index < -0.39 is 0 Å². The standard InChI is InChI=1S/C23H16Cl2N2/c24-19-5-1-16(2-6-19)21-13-18(15-9-11-27-12-10-15)14-22(23(21)26)17-3-7-20(25)8-4-17/h1-14H,26H2. The number of anilines is 1. The van der Waals surface area contributed by atoms with Gasteiger partial charge in [0.2, 0.25) is 0 Å². The van der Waals surface area contributed by atoms with Crippen molar-refractivity contribution in [2.24, 2.45) is 0 Å². The van der Waals surface area contributed by atoms with Crippen molar-refractivity contribution < 1.29 is 0 Å². The Bertz CT molecular complexity index is 1010. The highest BCUT2D eigenvalue weighted by Crippen LogP contribution is 2.39. The number of pyridine rings is 1. The van der Waals surface area contributed by atoms with Gasteiger partial charge in [-0.2, -0.15) is 0 Å². The van der Waals surface area contributed by atoms with Gasteiger partial charge in [-0.3, -0.25) is 4.98 Å². The lowest BCUT2D eigenvalue weighted by molar-refractivity contribution is 1.33. The molecule has 4 heteroatoms. The molecule has 0 aliphatic heterocycles. The quantitative estimate of drug-likeness (QED) is 0.383. The van der Waals surface area contributed by atoms with Gasteiger partial charge in [-0.1, -0.05) is 47.5 Å². The molecule has 132 valence electrons. The molecule has 0 unspecified atom stereocenters. The van der Waals surface area contributed by atoms with Crippen molar-refractivity contribution in [1.29, 1.82) is 0 Å². The van der Waals surface area contributed by atoms with E-state index in [2.05, 4.69) is 17.1 Å². The third-order valence-corrected chi connectivity index (χ3v) is 5.01. The molecule has 2 N–H and O–H groups in total. The zero-order chi connectivity index (χ0) is 18.8. The number of nitrogen functional groups attached to an aromatic ring is 1. The highest BCUT2D eigenvalue weighted by Gasteiger charge is 2.13. The van der Waals surface area contributed by atoms with E-state index in [9.17, 15) is 0 Å². The third-order valence-electron chi connectivity index (χ3n) is 4.50. The molecule has 0 aliphatic rings. The molecule has 2 nitrogen and oxygen atoms in total. The fourth-order valence-corrected chi connectivity index (χ4v) is 3.35. The summed E-state index contributed by atoms with van der Waals surface area (Å²) in [5, 5.41) is 1.39. The number of halogens is 2. The molecule has 0 spiro atoms. The molecular formula is C23H16Cl2N2. The van der Waals surface area contributed by atoms with Gasteiger partial charge >= 0.3 is 0 Å². The average molecular weight is 391 g/mol. The van der Waals surface area contributed by atoms with Crippen LogP contribution < -0.4 is 5.73 Å². The highest BCUT2D eigenvalue weighted by molar-refractivity contribution is 6.31. The fourth-order valence-electron chi connectivity index (χ4n) is 3.10. The van der Waals surface area contributed by atoms with E-state index in [-0.39, 0.29) is 0 Å². The van der Waals surface area contributed by atoms with Crippen molar-refractivity contribution in [2.75, 3.05) is 5.73 Å². The van der Waals surface area contributed by atoms with Crippen molar-refractivity contribution in [3.8, 4) is 33.4 Å². The Morgan fingerprint density at radius 3 is 1.44 bits per heavy atom. The normalized spacial score (nSPS) is 10.7. The summed E-state index contributed by atoms with van der Waals surface area (Å²) in [5.41, 5.74) is 13.4. The summed E-state index contributed by atoms with van der Waals surface area (Å²) >= 11 is 12.1. The fraction of sp³-hybridized carbons (Fsp3) is 0. The van der Waals surface area contributed by atoms with Crippen LogP contribution in [0.5, 0.6) is 0 Å². The molecule has 0 saturated carbocycles. The zero-order valence-corrected chi connectivity index (χ0v) is 15.9. The van der Waals surface area contributed by atoms with Crippen LogP contribution in [0.3, 0.4) is 0 Å². The van der Waals surface area contributed by atoms with Crippen molar-refractivity contribution in [3.05, 3.63) is 95.2 Å². The van der Waals surface area contributed by atoms with Crippen LogP contribution in [0.15, 0.2) is 85.2 Å². The number of benzene rings is 3. The van der Waals surface area contributed by atoms with Gasteiger partial charge in [0.15, 0.2) is 0 Å². The van der Waals surface area contributed by atoms with Crippen LogP contribution in [-0.2, 0) is 0 Å². The summed E-state index contributed by atoms with van der Waals surface area (Å²) in [6, 6.07) is 23.6. The first kappa shape index (κ1) is 17.6. The second-order valence-electron chi connectivity index (χ2n) is 6.23. The Morgan fingerprint density at radius 1 is 0.556 bits per heavy atom. The molecule has 0 bridgehead atoms. The third kappa shape index (κ3) is 3.68. The van der Waals surface area contributed by atoms with Crippen molar-refractivity contribution in [2.45, 2.75) is 0 Å². The number of rotatable bonds is 3. The predicted molar refractivity (Wildman–Crippen MR) is 115 cm³/mol. The topological polar surface area (TPSA) is 38.9 Å². The molecular weight excluding hydrogens is 375 g/mol. The van der Waals surface area contributed by atoms with Gasteiger partial charge in [0.05, 0.1) is 0 Å². The summed E-state index contributed by atoms with van der Waals surface area (Å²) in [4.78, 5) is 4.12. The van der Waals surface area contributed by atoms with Crippen molar-refractivity contribution >= 4 is 28.9 Å². The van der Waals surface area contributed by atoms with Crippen LogP contribution in [0, 0.1) is 0 Å². The Kier molecular flexibility index (Phi) is 4.85. The lowest BCUT2D eigenvalue weighted by atomic mass is 9.91. The van der Waals surface area contributed by atoms with Crippen LogP contribution in [-0.4, -0.2) is 4.98 Å². The Hall–Kier alpha value is -2.81. The van der Waals surface area contributed by atoms with Gasteiger partial charge in [0.25, 0.3) is 0 Å². The minimum absolute atomic E-state index is 0.695. The molecule has 1 aromatic heterocycles. The number of nitrogens with two attached hydrogens (primary N) is 1. The van der Waals surface area contributed by atoms with Gasteiger partial charge < -0.3 is 5.73 Å². The van der Waals surface area contributed by atoms with Gasteiger partial charge in [0, 0.05) is 39.3 Å². The first-order valence-electron chi connectivity index (χ1n) is 8.47. The molecule has 0 aliphatic carbocycles. The number of hydrogen-bond acceptors (Lipinski definition) is 2. The average Bonchev–Trinajstić information content (AvgIpc) is 2.70. The maximum atomic E-state index is 6.59. The van der Waals surface area contributed by atoms with Crippen LogP contribution in [0.1, 0.15) is 0 Å². The van der Waals surface area contributed by atoms with Crippen LogP contribution in [0.2, 0.25) is 10.0 Å². The van der Waals surface area contributed by atoms with Crippen molar-refractivity contribution in [3.63, 3.8) is 0 Å². The smallest absolute Gasteiger partial charge is 0.0473 e. The second-order valence-corrected chi connectivity index (χ2v) is 7.11. The second kappa shape index (κ2) is 7.43. The van der Waals surface area contributed by atoms with Crippen LogP contribution in [0.4, 0.5) is 5.69 Å². The van der Waals surface area contributed by atoms with Gasteiger partial charge in [0.1, 0.15) is 0 Å². The molecule has 1 heterocycles. The van der Waals surface area contributed by atoms with Crippen LogP contribution >= 0.6 is 23.2 Å². The van der Waals surface area contributed by atoms with E-state index in [0.717, 1.165) is 39.1 Å². The van der Waals surface area contributed by atoms with Gasteiger partial charge in [-0.15, -0.1) is 0 Å². The molecule has 0 amide bonds. The van der Waals surface area contributed by atoms with Crippen molar-refractivity contribution in [1.82, 2.24) is 4.98 Å². The summed E-state index contributed by atoms with van der Waals surface area (Å²) in [6.07, 6.45) is 3.57. The largest absolute Gasteiger partial charge is 0.398 e. The molecule has 3 aromatic carbocycles. The molecule has 0 radical (unpaired) electrons. The molecule has 0 atom stereocenters. The number of nitrogens with zero attached hydrogens (tertiary/aromatic N) is 1. The summed E-state index contributed by atoms with van der Waals surface area (Å²) in [6.45, 7) is 0. The number of aromatic nitrogens is 1. The first-order valence-corrected chi connectivity index (χ1v) is 9.23. The van der Waals surface area contributed by atoms with Gasteiger partial charge in [-0.05, 0) is 70.8 Å². The molecule has 27 heavy (non-hydrogen) atoms. The summed E-state index contributed by atoms with van der Waals surface area (Å²) in [7, 11) is 0. The van der Waals surface area contributed by atoms with E-state index in [1.54, 1.807) is 12.4 Å². The predicted octanol–water partition coefficient (Wildman–Crippen LogP) is 6.97.